The lowest BCUT2D eigenvalue weighted by Gasteiger charge is -2.22. The number of carbonyl (C=O) groups excluding carboxylic acids is 2. The molecule has 0 aliphatic carbocycles. The number of carbonyl (C=O) groups is 2. The molecule has 0 aromatic heterocycles. The van der Waals surface area contributed by atoms with E-state index < -0.39 is 5.72 Å². The topological polar surface area (TPSA) is 55.4 Å². The second-order valence-corrected chi connectivity index (χ2v) is 5.78. The first-order valence-electron chi connectivity index (χ1n) is 7.38. The van der Waals surface area contributed by atoms with E-state index in [1.54, 1.807) is 30.3 Å². The Hall–Kier alpha value is -3.14. The summed E-state index contributed by atoms with van der Waals surface area (Å²) in [4.78, 5) is 25.3. The van der Waals surface area contributed by atoms with E-state index >= 15 is 0 Å². The van der Waals surface area contributed by atoms with Crippen LogP contribution < -0.4 is 10.1 Å². The van der Waals surface area contributed by atoms with Crippen LogP contribution in [0.4, 0.5) is 0 Å². The second kappa shape index (κ2) is 3.98. The molecule has 1 unspecified atom stereocenters. The lowest BCUT2D eigenvalue weighted by molar-refractivity contribution is 0.0419. The summed E-state index contributed by atoms with van der Waals surface area (Å²) in [7, 11) is 0. The van der Waals surface area contributed by atoms with E-state index in [9.17, 15) is 9.59 Å². The molecule has 2 aliphatic rings. The smallest absolute Gasteiger partial charge is 0.274 e. The van der Waals surface area contributed by atoms with Gasteiger partial charge in [-0.15, -0.1) is 0 Å². The van der Waals surface area contributed by atoms with E-state index in [1.165, 1.54) is 0 Å². The van der Waals surface area contributed by atoms with Gasteiger partial charge in [-0.05, 0) is 17.5 Å². The van der Waals surface area contributed by atoms with Gasteiger partial charge in [-0.2, -0.15) is 0 Å². The van der Waals surface area contributed by atoms with Crippen LogP contribution in [0.15, 0.2) is 60.7 Å². The fraction of sp³-hybridized carbons (Fsp3) is 0.0526. The fourth-order valence-electron chi connectivity index (χ4n) is 3.46. The van der Waals surface area contributed by atoms with Crippen LogP contribution in [-0.4, -0.2) is 11.7 Å². The summed E-state index contributed by atoms with van der Waals surface area (Å²) in [5, 5.41) is 4.61. The standard InChI is InChI=1S/C19H11NO3/c21-17-14-10-9-11-5-1-2-6-12(11)16(14)23-19(17)15-8-4-3-7-13(15)18(22)20-19/h1-10H,(H,20,22). The largest absolute Gasteiger partial charge is 0.454 e. The van der Waals surface area contributed by atoms with Crippen LogP contribution in [0.2, 0.25) is 0 Å². The minimum Gasteiger partial charge on any atom is -0.454 e. The van der Waals surface area contributed by atoms with E-state index in [1.807, 2.05) is 30.3 Å². The highest BCUT2D eigenvalue weighted by Gasteiger charge is 2.56. The Morgan fingerprint density at radius 1 is 0.826 bits per heavy atom. The van der Waals surface area contributed by atoms with E-state index in [2.05, 4.69) is 5.32 Å². The number of rotatable bonds is 0. The van der Waals surface area contributed by atoms with Crippen molar-refractivity contribution in [1.82, 2.24) is 5.32 Å². The SMILES string of the molecule is O=C1NC2(Oc3c(ccc4ccccc34)C2=O)c2ccccc21. The highest BCUT2D eigenvalue weighted by atomic mass is 16.5. The van der Waals surface area contributed by atoms with E-state index in [0.717, 1.165) is 10.8 Å². The molecule has 5 rings (SSSR count). The van der Waals surface area contributed by atoms with Crippen molar-refractivity contribution < 1.29 is 14.3 Å². The van der Waals surface area contributed by atoms with Crippen LogP contribution in [0.3, 0.4) is 0 Å². The van der Waals surface area contributed by atoms with Gasteiger partial charge >= 0.3 is 0 Å². The van der Waals surface area contributed by atoms with Crippen molar-refractivity contribution in [2.45, 2.75) is 5.72 Å². The van der Waals surface area contributed by atoms with Crippen molar-refractivity contribution in [1.29, 1.82) is 0 Å². The van der Waals surface area contributed by atoms with Crippen molar-refractivity contribution in [2.75, 3.05) is 0 Å². The Balaban J connectivity index is 1.79. The molecule has 0 radical (unpaired) electrons. The molecule has 1 N–H and O–H groups in total. The van der Waals surface area contributed by atoms with Gasteiger partial charge in [-0.25, -0.2) is 0 Å². The lowest BCUT2D eigenvalue weighted by Crippen LogP contribution is -2.47. The summed E-state index contributed by atoms with van der Waals surface area (Å²) >= 11 is 0. The molecule has 3 aromatic rings. The Kier molecular flexibility index (Phi) is 2.15. The summed E-state index contributed by atoms with van der Waals surface area (Å²) in [6.07, 6.45) is 0. The van der Waals surface area contributed by atoms with Gasteiger partial charge in [-0.1, -0.05) is 48.5 Å². The van der Waals surface area contributed by atoms with Gasteiger partial charge in [0.25, 0.3) is 11.6 Å². The predicted octanol–water partition coefficient (Wildman–Crippen LogP) is 3.01. The molecule has 1 atom stereocenters. The van der Waals surface area contributed by atoms with Crippen molar-refractivity contribution in [3.8, 4) is 5.75 Å². The average molecular weight is 301 g/mol. The van der Waals surface area contributed by atoms with Crippen LogP contribution in [0.1, 0.15) is 26.3 Å². The summed E-state index contributed by atoms with van der Waals surface area (Å²) < 4.78 is 6.10. The molecule has 0 fully saturated rings. The molecule has 4 heteroatoms. The number of ether oxygens (including phenoxy) is 1. The maximum Gasteiger partial charge on any atom is 0.274 e. The van der Waals surface area contributed by atoms with Crippen molar-refractivity contribution in [2.24, 2.45) is 0 Å². The van der Waals surface area contributed by atoms with Gasteiger partial charge in [0.05, 0.1) is 5.56 Å². The number of ketones is 1. The molecule has 1 amide bonds. The van der Waals surface area contributed by atoms with Gasteiger partial charge in [-0.3, -0.25) is 9.59 Å². The van der Waals surface area contributed by atoms with E-state index in [0.29, 0.717) is 22.4 Å². The number of amides is 1. The van der Waals surface area contributed by atoms with Crippen LogP contribution in [-0.2, 0) is 5.72 Å². The molecule has 3 aromatic carbocycles. The molecule has 0 bridgehead atoms. The first kappa shape index (κ1) is 12.4. The van der Waals surface area contributed by atoms with Crippen LogP contribution in [0, 0.1) is 0 Å². The molecule has 23 heavy (non-hydrogen) atoms. The number of hydrogen-bond acceptors (Lipinski definition) is 3. The Morgan fingerprint density at radius 3 is 2.52 bits per heavy atom. The number of Topliss-reactive ketones (excluding diaryl/α,β-unsaturated/α-hetero) is 1. The molecule has 1 spiro atoms. The minimum atomic E-state index is -1.43. The summed E-state index contributed by atoms with van der Waals surface area (Å²) in [5.74, 6) is 0.0210. The zero-order chi connectivity index (χ0) is 15.6. The third kappa shape index (κ3) is 1.40. The Labute approximate surface area is 131 Å². The molecule has 2 heterocycles. The average Bonchev–Trinajstić information content (AvgIpc) is 3.04. The first-order chi connectivity index (χ1) is 11.2. The normalized spacial score (nSPS) is 21.2. The molecule has 110 valence electrons. The third-order valence-corrected chi connectivity index (χ3v) is 4.54. The van der Waals surface area contributed by atoms with Crippen molar-refractivity contribution >= 4 is 22.5 Å². The van der Waals surface area contributed by atoms with Crippen molar-refractivity contribution in [3.63, 3.8) is 0 Å². The monoisotopic (exact) mass is 301 g/mol. The highest BCUT2D eigenvalue weighted by molar-refractivity contribution is 6.17. The molecular formula is C19H11NO3. The fourth-order valence-corrected chi connectivity index (χ4v) is 3.46. The highest BCUT2D eigenvalue weighted by Crippen LogP contribution is 2.46. The lowest BCUT2D eigenvalue weighted by atomic mass is 9.95. The van der Waals surface area contributed by atoms with Gasteiger partial charge in [0.1, 0.15) is 5.75 Å². The van der Waals surface area contributed by atoms with Crippen LogP contribution in [0.5, 0.6) is 5.75 Å². The molecule has 0 saturated carbocycles. The van der Waals surface area contributed by atoms with Crippen molar-refractivity contribution in [3.05, 3.63) is 77.4 Å². The summed E-state index contributed by atoms with van der Waals surface area (Å²) in [5.41, 5.74) is 0.133. The van der Waals surface area contributed by atoms with E-state index in [-0.39, 0.29) is 11.7 Å². The molecular weight excluding hydrogens is 290 g/mol. The zero-order valence-electron chi connectivity index (χ0n) is 12.0. The zero-order valence-corrected chi connectivity index (χ0v) is 12.0. The quantitative estimate of drug-likeness (QED) is 0.694. The maximum absolute atomic E-state index is 13.0. The number of fused-ring (bicyclic) bond motifs is 5. The second-order valence-electron chi connectivity index (χ2n) is 5.78. The van der Waals surface area contributed by atoms with Crippen LogP contribution in [0.25, 0.3) is 10.8 Å². The molecule has 2 aliphatic heterocycles. The minimum absolute atomic E-state index is 0.225. The van der Waals surface area contributed by atoms with Gasteiger partial charge < -0.3 is 10.1 Å². The van der Waals surface area contributed by atoms with Crippen LogP contribution >= 0.6 is 0 Å². The van der Waals surface area contributed by atoms with Gasteiger partial charge in [0.2, 0.25) is 5.78 Å². The van der Waals surface area contributed by atoms with Gasteiger partial charge in [0.15, 0.2) is 0 Å². The number of benzene rings is 3. The summed E-state index contributed by atoms with van der Waals surface area (Å²) in [6.45, 7) is 0. The number of hydrogen-bond donors (Lipinski definition) is 1. The van der Waals surface area contributed by atoms with Gasteiger partial charge in [0, 0.05) is 16.5 Å². The van der Waals surface area contributed by atoms with E-state index in [4.69, 9.17) is 4.74 Å². The number of nitrogens with one attached hydrogen (secondary N) is 1. The predicted molar refractivity (Wildman–Crippen MR) is 84.5 cm³/mol. The maximum atomic E-state index is 13.0. The first-order valence-corrected chi connectivity index (χ1v) is 7.38. The Morgan fingerprint density at radius 2 is 1.61 bits per heavy atom. The Bertz CT molecular complexity index is 1020. The summed E-state index contributed by atoms with van der Waals surface area (Å²) in [6, 6.07) is 18.4. The molecule has 4 nitrogen and oxygen atoms in total. The molecule has 0 saturated heterocycles. The third-order valence-electron chi connectivity index (χ3n) is 4.54.